The molecule has 88 valence electrons. The second-order valence-electron chi connectivity index (χ2n) is 6.11. The van der Waals surface area contributed by atoms with Crippen LogP contribution in [0.1, 0.15) is 11.1 Å². The number of rotatable bonds is 1. The number of benzene rings is 2. The van der Waals surface area contributed by atoms with E-state index < -0.39 is 13.3 Å². The summed E-state index contributed by atoms with van der Waals surface area (Å²) in [5, 5.41) is 13.1. The van der Waals surface area contributed by atoms with E-state index in [1.165, 1.54) is 16.3 Å². The number of hydrogen-bond acceptors (Lipinski definition) is 1. The van der Waals surface area contributed by atoms with Crippen molar-refractivity contribution >= 4 is 18.8 Å². The summed E-state index contributed by atoms with van der Waals surface area (Å²) < 4.78 is 0. The topological polar surface area (TPSA) is 20.2 Å². The van der Waals surface area contributed by atoms with Gasteiger partial charge >= 0.3 is 0 Å². The van der Waals surface area contributed by atoms with Crippen LogP contribution in [-0.4, -0.2) is 13.2 Å². The lowest BCUT2D eigenvalue weighted by atomic mass is 10.1. The van der Waals surface area contributed by atoms with Gasteiger partial charge in [-0.1, -0.05) is 56.0 Å². The molecule has 0 aromatic heterocycles. The minimum Gasteiger partial charge on any atom is -0.388 e. The van der Waals surface area contributed by atoms with Crippen molar-refractivity contribution in [1.29, 1.82) is 0 Å². The summed E-state index contributed by atoms with van der Waals surface area (Å²) in [4.78, 5) is 0. The molecule has 1 N–H and O–H groups in total. The molecule has 3 rings (SSSR count). The molecule has 2 aromatic carbocycles. The number of aliphatic hydroxyl groups is 1. The van der Waals surface area contributed by atoms with Crippen LogP contribution >= 0.6 is 0 Å². The van der Waals surface area contributed by atoms with Gasteiger partial charge in [0.1, 0.15) is 0 Å². The molecule has 0 saturated heterocycles. The fourth-order valence-corrected chi connectivity index (χ4v) is 4.69. The van der Waals surface area contributed by atoms with Gasteiger partial charge in [0.15, 0.2) is 0 Å². The molecule has 0 saturated carbocycles. The van der Waals surface area contributed by atoms with E-state index >= 15 is 0 Å². The Hall–Kier alpha value is -1.12. The van der Waals surface area contributed by atoms with E-state index in [0.717, 1.165) is 12.0 Å². The Morgan fingerprint density at radius 3 is 2.35 bits per heavy atom. The van der Waals surface area contributed by atoms with Crippen LogP contribution in [0.5, 0.6) is 0 Å². The summed E-state index contributed by atoms with van der Waals surface area (Å²) in [5.41, 5.74) is 2.47. The quantitative estimate of drug-likeness (QED) is 0.759. The SMILES string of the molecule is C[Si](C)(C)C1(O)Cc2cccc3cccc1c23. The van der Waals surface area contributed by atoms with E-state index in [4.69, 9.17) is 0 Å². The highest BCUT2D eigenvalue weighted by Gasteiger charge is 2.47. The molecule has 0 fully saturated rings. The van der Waals surface area contributed by atoms with Crippen molar-refractivity contribution in [2.45, 2.75) is 31.3 Å². The molecule has 0 amide bonds. The summed E-state index contributed by atoms with van der Waals surface area (Å²) in [6, 6.07) is 12.7. The minimum atomic E-state index is -1.67. The zero-order valence-electron chi connectivity index (χ0n) is 10.6. The third kappa shape index (κ3) is 1.34. The van der Waals surface area contributed by atoms with E-state index in [9.17, 15) is 5.11 Å². The Labute approximate surface area is 103 Å². The summed E-state index contributed by atoms with van der Waals surface area (Å²) in [5.74, 6) is 0. The van der Waals surface area contributed by atoms with Crippen molar-refractivity contribution in [3.8, 4) is 0 Å². The van der Waals surface area contributed by atoms with E-state index in [-0.39, 0.29) is 0 Å². The highest BCUT2D eigenvalue weighted by molar-refractivity contribution is 6.78. The summed E-state index contributed by atoms with van der Waals surface area (Å²) in [6.45, 7) is 6.74. The lowest BCUT2D eigenvalue weighted by Crippen LogP contribution is -2.49. The Kier molecular flexibility index (Phi) is 2.08. The Morgan fingerprint density at radius 1 is 1.06 bits per heavy atom. The summed E-state index contributed by atoms with van der Waals surface area (Å²) >= 11 is 0. The molecule has 0 radical (unpaired) electrons. The maximum Gasteiger partial charge on any atom is 0.0882 e. The first-order valence-corrected chi connectivity index (χ1v) is 9.67. The normalized spacial score (nSPS) is 23.3. The van der Waals surface area contributed by atoms with Gasteiger partial charge in [-0.3, -0.25) is 0 Å². The van der Waals surface area contributed by atoms with Crippen LogP contribution in [0, 0.1) is 0 Å². The van der Waals surface area contributed by atoms with Gasteiger partial charge in [-0.2, -0.15) is 0 Å². The fourth-order valence-electron chi connectivity index (χ4n) is 2.95. The first-order chi connectivity index (χ1) is 7.93. The highest BCUT2D eigenvalue weighted by Crippen LogP contribution is 2.45. The second-order valence-corrected chi connectivity index (χ2v) is 11.4. The molecule has 1 aliphatic carbocycles. The first kappa shape index (κ1) is 11.0. The smallest absolute Gasteiger partial charge is 0.0882 e. The van der Waals surface area contributed by atoms with Crippen LogP contribution in [0.4, 0.5) is 0 Å². The lowest BCUT2D eigenvalue weighted by Gasteiger charge is -2.36. The zero-order valence-corrected chi connectivity index (χ0v) is 11.6. The van der Waals surface area contributed by atoms with Crippen molar-refractivity contribution in [3.63, 3.8) is 0 Å². The Morgan fingerprint density at radius 2 is 1.71 bits per heavy atom. The summed E-state index contributed by atoms with van der Waals surface area (Å²) in [6.07, 6.45) is 0.791. The Bertz CT molecular complexity index is 592. The fraction of sp³-hybridized carbons (Fsp3) is 0.333. The van der Waals surface area contributed by atoms with Gasteiger partial charge in [0.25, 0.3) is 0 Å². The van der Waals surface area contributed by atoms with Gasteiger partial charge < -0.3 is 5.11 Å². The Balaban J connectivity index is 2.37. The monoisotopic (exact) mass is 242 g/mol. The first-order valence-electron chi connectivity index (χ1n) is 6.17. The average Bonchev–Trinajstić information content (AvgIpc) is 2.56. The average molecular weight is 242 g/mol. The van der Waals surface area contributed by atoms with E-state index in [1.807, 2.05) is 0 Å². The van der Waals surface area contributed by atoms with Gasteiger partial charge in [0, 0.05) is 6.42 Å². The van der Waals surface area contributed by atoms with Gasteiger partial charge in [-0.15, -0.1) is 0 Å². The predicted molar refractivity (Wildman–Crippen MR) is 74.9 cm³/mol. The zero-order chi connectivity index (χ0) is 12.3. The van der Waals surface area contributed by atoms with Gasteiger partial charge in [0.2, 0.25) is 0 Å². The third-order valence-electron chi connectivity index (χ3n) is 4.12. The minimum absolute atomic E-state index is 0.601. The molecular weight excluding hydrogens is 224 g/mol. The number of hydrogen-bond donors (Lipinski definition) is 1. The van der Waals surface area contributed by atoms with Crippen LogP contribution in [-0.2, 0) is 11.6 Å². The molecule has 0 aliphatic heterocycles. The van der Waals surface area contributed by atoms with Crippen LogP contribution in [0.2, 0.25) is 19.6 Å². The predicted octanol–water partition coefficient (Wildman–Crippen LogP) is 3.46. The van der Waals surface area contributed by atoms with Gasteiger partial charge in [-0.25, -0.2) is 0 Å². The van der Waals surface area contributed by atoms with E-state index in [1.54, 1.807) is 0 Å². The highest BCUT2D eigenvalue weighted by atomic mass is 28.3. The van der Waals surface area contributed by atoms with Crippen LogP contribution in [0.25, 0.3) is 10.8 Å². The molecule has 17 heavy (non-hydrogen) atoms. The van der Waals surface area contributed by atoms with E-state index in [0.29, 0.717) is 0 Å². The molecule has 2 heteroatoms. The van der Waals surface area contributed by atoms with Crippen molar-refractivity contribution in [3.05, 3.63) is 47.5 Å². The molecule has 0 bridgehead atoms. The van der Waals surface area contributed by atoms with Gasteiger partial charge in [0.05, 0.1) is 13.3 Å². The lowest BCUT2D eigenvalue weighted by molar-refractivity contribution is 0.122. The molecule has 1 nitrogen and oxygen atoms in total. The molecule has 1 aliphatic rings. The van der Waals surface area contributed by atoms with Crippen molar-refractivity contribution in [2.75, 3.05) is 0 Å². The van der Waals surface area contributed by atoms with Crippen molar-refractivity contribution in [2.24, 2.45) is 0 Å². The van der Waals surface area contributed by atoms with Crippen molar-refractivity contribution in [1.82, 2.24) is 0 Å². The molecular formula is C15H18OSi. The largest absolute Gasteiger partial charge is 0.388 e. The van der Waals surface area contributed by atoms with Gasteiger partial charge in [-0.05, 0) is 21.9 Å². The molecule has 1 unspecified atom stereocenters. The van der Waals surface area contributed by atoms with Crippen LogP contribution in [0.15, 0.2) is 36.4 Å². The third-order valence-corrected chi connectivity index (χ3v) is 7.05. The molecule has 0 heterocycles. The molecule has 2 aromatic rings. The molecule has 0 spiro atoms. The second kappa shape index (κ2) is 3.21. The summed E-state index contributed by atoms with van der Waals surface area (Å²) in [7, 11) is -1.67. The van der Waals surface area contributed by atoms with Crippen LogP contribution < -0.4 is 0 Å². The maximum atomic E-state index is 11.1. The maximum absolute atomic E-state index is 11.1. The van der Waals surface area contributed by atoms with E-state index in [2.05, 4.69) is 56.0 Å². The van der Waals surface area contributed by atoms with Crippen LogP contribution in [0.3, 0.4) is 0 Å². The standard InChI is InChI=1S/C15H18OSi/c1-17(2,3)15(16)10-12-8-4-6-11-7-5-9-13(15)14(11)12/h4-9,16H,10H2,1-3H3. The molecule has 1 atom stereocenters. The van der Waals surface area contributed by atoms with Crippen molar-refractivity contribution < 1.29 is 5.11 Å².